The molecule has 1 aliphatic rings. The topological polar surface area (TPSA) is 30.8 Å². The highest BCUT2D eigenvalue weighted by Crippen LogP contribution is 2.25. The summed E-state index contributed by atoms with van der Waals surface area (Å²) in [6.07, 6.45) is -3.14. The Labute approximate surface area is 99.8 Å². The second kappa shape index (κ2) is 4.87. The summed E-state index contributed by atoms with van der Waals surface area (Å²) in [4.78, 5) is 0. The van der Waals surface area contributed by atoms with Gasteiger partial charge in [-0.25, -0.2) is 4.40 Å². The van der Waals surface area contributed by atoms with Crippen molar-refractivity contribution in [3.8, 4) is 11.5 Å². The summed E-state index contributed by atoms with van der Waals surface area (Å²) in [6, 6.07) is 5.28. The lowest BCUT2D eigenvalue weighted by molar-refractivity contribution is -0.274. The molecular weight excluding hydrogens is 255 g/mol. The molecule has 0 radical (unpaired) electrons. The van der Waals surface area contributed by atoms with Crippen LogP contribution in [0.4, 0.5) is 13.2 Å². The molecule has 0 aromatic heterocycles. The van der Waals surface area contributed by atoms with Crippen LogP contribution in [-0.2, 0) is 0 Å². The number of rotatable bonds is 3. The van der Waals surface area contributed by atoms with Crippen LogP contribution >= 0.6 is 11.9 Å². The quantitative estimate of drug-likeness (QED) is 0.785. The van der Waals surface area contributed by atoms with Crippen molar-refractivity contribution in [3.63, 3.8) is 0 Å². The van der Waals surface area contributed by atoms with Crippen LogP contribution in [-0.4, -0.2) is 24.4 Å². The summed E-state index contributed by atoms with van der Waals surface area (Å²) < 4.78 is 48.8. The fourth-order valence-corrected chi connectivity index (χ4v) is 1.84. The average molecular weight is 263 g/mol. The molecule has 1 aromatic rings. The Morgan fingerprint density at radius 3 is 2.35 bits per heavy atom. The molecule has 0 bridgehead atoms. The van der Waals surface area contributed by atoms with Gasteiger partial charge in [0.25, 0.3) is 0 Å². The molecule has 0 fully saturated rings. The SMILES string of the molecule is FC(F)(F)Oc1ccc(OC2C=NSC2)cc1. The van der Waals surface area contributed by atoms with E-state index in [1.54, 1.807) is 6.21 Å². The van der Waals surface area contributed by atoms with E-state index in [4.69, 9.17) is 4.74 Å². The van der Waals surface area contributed by atoms with Crippen molar-refractivity contribution in [2.24, 2.45) is 4.40 Å². The van der Waals surface area contributed by atoms with Gasteiger partial charge < -0.3 is 9.47 Å². The second-order valence-corrected chi connectivity index (χ2v) is 4.03. The third-order valence-corrected chi connectivity index (χ3v) is 2.63. The van der Waals surface area contributed by atoms with Crippen molar-refractivity contribution in [2.75, 3.05) is 5.75 Å². The van der Waals surface area contributed by atoms with Gasteiger partial charge in [-0.3, -0.25) is 0 Å². The maximum absolute atomic E-state index is 11.9. The molecule has 0 saturated heterocycles. The standard InChI is InChI=1S/C10H8F3NO2S/c11-10(12,13)16-8-3-1-7(2-4-8)15-9-5-14-17-6-9/h1-5,9H,6H2. The monoisotopic (exact) mass is 263 g/mol. The second-order valence-electron chi connectivity index (χ2n) is 3.23. The Morgan fingerprint density at radius 2 is 1.82 bits per heavy atom. The van der Waals surface area contributed by atoms with E-state index in [1.165, 1.54) is 36.2 Å². The molecular formula is C10H8F3NO2S. The molecule has 0 spiro atoms. The molecule has 0 aliphatic carbocycles. The molecule has 1 heterocycles. The predicted molar refractivity (Wildman–Crippen MR) is 58.5 cm³/mol. The van der Waals surface area contributed by atoms with Crippen LogP contribution in [0.1, 0.15) is 0 Å². The summed E-state index contributed by atoms with van der Waals surface area (Å²) in [6.45, 7) is 0. The number of hydrogen-bond donors (Lipinski definition) is 0. The minimum Gasteiger partial charge on any atom is -0.484 e. The Morgan fingerprint density at radius 1 is 1.18 bits per heavy atom. The Balaban J connectivity index is 1.95. The number of ether oxygens (including phenoxy) is 2. The first-order valence-corrected chi connectivity index (χ1v) is 5.65. The molecule has 1 atom stereocenters. The fourth-order valence-electron chi connectivity index (χ4n) is 1.23. The maximum atomic E-state index is 11.9. The van der Waals surface area contributed by atoms with Crippen LogP contribution in [0.25, 0.3) is 0 Å². The van der Waals surface area contributed by atoms with E-state index in [0.717, 1.165) is 0 Å². The van der Waals surface area contributed by atoms with Crippen LogP contribution in [0.5, 0.6) is 11.5 Å². The molecule has 0 saturated carbocycles. The summed E-state index contributed by atoms with van der Waals surface area (Å²) in [5.74, 6) is 0.929. The van der Waals surface area contributed by atoms with Gasteiger partial charge in [-0.05, 0) is 36.2 Å². The van der Waals surface area contributed by atoms with E-state index in [-0.39, 0.29) is 11.9 Å². The van der Waals surface area contributed by atoms with Gasteiger partial charge in [0.1, 0.15) is 17.6 Å². The lowest BCUT2D eigenvalue weighted by Crippen LogP contribution is -2.18. The van der Waals surface area contributed by atoms with Gasteiger partial charge in [-0.2, -0.15) is 0 Å². The zero-order valence-corrected chi connectivity index (χ0v) is 9.29. The molecule has 92 valence electrons. The molecule has 0 N–H and O–H groups in total. The lowest BCUT2D eigenvalue weighted by atomic mass is 10.3. The van der Waals surface area contributed by atoms with E-state index in [0.29, 0.717) is 11.5 Å². The van der Waals surface area contributed by atoms with Gasteiger partial charge in [0.05, 0.1) is 12.0 Å². The number of halogens is 3. The first-order chi connectivity index (χ1) is 8.03. The highest BCUT2D eigenvalue weighted by molar-refractivity contribution is 7.98. The van der Waals surface area contributed by atoms with Gasteiger partial charge in [-0.1, -0.05) is 0 Å². The van der Waals surface area contributed by atoms with Crippen LogP contribution in [0.2, 0.25) is 0 Å². The lowest BCUT2D eigenvalue weighted by Gasteiger charge is -2.12. The number of benzene rings is 1. The Bertz CT molecular complexity index is 405. The summed E-state index contributed by atoms with van der Waals surface area (Å²) in [7, 11) is 0. The summed E-state index contributed by atoms with van der Waals surface area (Å²) >= 11 is 1.38. The van der Waals surface area contributed by atoms with E-state index >= 15 is 0 Å². The van der Waals surface area contributed by atoms with Crippen molar-refractivity contribution in [3.05, 3.63) is 24.3 Å². The van der Waals surface area contributed by atoms with Crippen molar-refractivity contribution in [2.45, 2.75) is 12.5 Å². The Hall–Kier alpha value is -1.37. The zero-order chi connectivity index (χ0) is 12.3. The average Bonchev–Trinajstić information content (AvgIpc) is 2.71. The normalized spacial score (nSPS) is 19.4. The van der Waals surface area contributed by atoms with Crippen molar-refractivity contribution < 1.29 is 22.6 Å². The molecule has 1 aliphatic heterocycles. The number of alkyl halides is 3. The van der Waals surface area contributed by atoms with Crippen LogP contribution in [0.15, 0.2) is 28.7 Å². The minimum absolute atomic E-state index is 0.130. The van der Waals surface area contributed by atoms with Crippen molar-refractivity contribution in [1.82, 2.24) is 0 Å². The highest BCUT2D eigenvalue weighted by atomic mass is 32.2. The predicted octanol–water partition coefficient (Wildman–Crippen LogP) is 3.07. The number of hydrogen-bond acceptors (Lipinski definition) is 4. The van der Waals surface area contributed by atoms with E-state index in [1.807, 2.05) is 0 Å². The minimum atomic E-state index is -4.67. The largest absolute Gasteiger partial charge is 0.573 e. The van der Waals surface area contributed by atoms with Gasteiger partial charge in [0.15, 0.2) is 0 Å². The molecule has 7 heteroatoms. The third-order valence-electron chi connectivity index (χ3n) is 1.89. The molecule has 0 amide bonds. The van der Waals surface area contributed by atoms with Gasteiger partial charge in [-0.15, -0.1) is 13.2 Å². The van der Waals surface area contributed by atoms with Gasteiger partial charge in [0.2, 0.25) is 0 Å². The maximum Gasteiger partial charge on any atom is 0.573 e. The molecule has 1 aromatic carbocycles. The molecule has 3 nitrogen and oxygen atoms in total. The van der Waals surface area contributed by atoms with Crippen molar-refractivity contribution in [1.29, 1.82) is 0 Å². The fraction of sp³-hybridized carbons (Fsp3) is 0.300. The van der Waals surface area contributed by atoms with E-state index in [2.05, 4.69) is 9.13 Å². The molecule has 1 unspecified atom stereocenters. The molecule has 2 rings (SSSR count). The first kappa shape index (κ1) is 12.1. The van der Waals surface area contributed by atoms with Crippen LogP contribution in [0, 0.1) is 0 Å². The third kappa shape index (κ3) is 3.85. The zero-order valence-electron chi connectivity index (χ0n) is 8.48. The first-order valence-electron chi connectivity index (χ1n) is 4.71. The van der Waals surface area contributed by atoms with Crippen LogP contribution < -0.4 is 9.47 Å². The smallest absolute Gasteiger partial charge is 0.484 e. The van der Waals surface area contributed by atoms with E-state index in [9.17, 15) is 13.2 Å². The van der Waals surface area contributed by atoms with Crippen LogP contribution in [0.3, 0.4) is 0 Å². The van der Waals surface area contributed by atoms with Gasteiger partial charge in [0, 0.05) is 0 Å². The van der Waals surface area contributed by atoms with E-state index < -0.39 is 6.36 Å². The summed E-state index contributed by atoms with van der Waals surface area (Å²) in [5.41, 5.74) is 0. The molecule has 17 heavy (non-hydrogen) atoms. The van der Waals surface area contributed by atoms with Gasteiger partial charge >= 0.3 is 6.36 Å². The van der Waals surface area contributed by atoms with Crippen molar-refractivity contribution >= 4 is 18.2 Å². The Kier molecular flexibility index (Phi) is 3.46. The summed E-state index contributed by atoms with van der Waals surface area (Å²) in [5, 5.41) is 0. The highest BCUT2D eigenvalue weighted by Gasteiger charge is 2.31. The number of nitrogens with zero attached hydrogens (tertiary/aromatic N) is 1.